The zero-order valence-electron chi connectivity index (χ0n) is 23.0. The third-order valence-electron chi connectivity index (χ3n) is 7.59. The number of likely N-dealkylation sites (tertiary alicyclic amines) is 1. The van der Waals surface area contributed by atoms with Crippen molar-refractivity contribution in [3.8, 4) is 0 Å². The maximum atomic E-state index is 13.9. The van der Waals surface area contributed by atoms with Crippen LogP contribution >= 0.6 is 0 Å². The lowest BCUT2D eigenvalue weighted by atomic mass is 9.73. The molecule has 39 heavy (non-hydrogen) atoms. The zero-order valence-corrected chi connectivity index (χ0v) is 23.0. The first-order valence-electron chi connectivity index (χ1n) is 13.5. The summed E-state index contributed by atoms with van der Waals surface area (Å²) < 4.78 is 0. The van der Waals surface area contributed by atoms with Crippen molar-refractivity contribution in [1.82, 2.24) is 15.2 Å². The van der Waals surface area contributed by atoms with Crippen molar-refractivity contribution in [3.05, 3.63) is 71.3 Å². The number of nitrogens with one attached hydrogen (secondary N) is 1. The van der Waals surface area contributed by atoms with Gasteiger partial charge in [-0.15, -0.1) is 0 Å². The van der Waals surface area contributed by atoms with Gasteiger partial charge in [-0.05, 0) is 56.2 Å². The van der Waals surface area contributed by atoms with Crippen molar-refractivity contribution in [2.75, 3.05) is 20.1 Å². The van der Waals surface area contributed by atoms with Gasteiger partial charge in [0.1, 0.15) is 11.5 Å². The van der Waals surface area contributed by atoms with Crippen LogP contribution in [0.3, 0.4) is 0 Å². The fourth-order valence-corrected chi connectivity index (χ4v) is 5.43. The molecule has 0 radical (unpaired) electrons. The summed E-state index contributed by atoms with van der Waals surface area (Å²) in [5, 5.41) is 18.2. The maximum Gasteiger partial charge on any atom is 0.256 e. The summed E-state index contributed by atoms with van der Waals surface area (Å²) in [5.74, 6) is -0.741. The summed E-state index contributed by atoms with van der Waals surface area (Å²) in [5.41, 5.74) is 7.67. The standard InChI is InChI=1S/C30H39N5O4/c1-29(2,31)27(38)32-24(14-8-12-21-11-7-13-23(17-21)19-36)26(37)35-16-15-25-30(20-35,28(39)34(3)33-25)18-22-9-5-4-6-10-22/h4-7,9-11,13,17,24,36H,8,12,14-16,18-20,31H2,1-3H3,(H,32,38)/t24-,30-/m1/s1. The predicted octanol–water partition coefficient (Wildman–Crippen LogP) is 2.01. The first-order chi connectivity index (χ1) is 18.5. The number of carbonyl (C=O) groups excluding carboxylic acids is 3. The molecule has 208 valence electrons. The van der Waals surface area contributed by atoms with Gasteiger partial charge in [-0.2, -0.15) is 5.10 Å². The number of hydrogen-bond acceptors (Lipinski definition) is 6. The van der Waals surface area contributed by atoms with Crippen molar-refractivity contribution < 1.29 is 19.5 Å². The molecule has 0 aromatic heterocycles. The molecule has 0 bridgehead atoms. The highest BCUT2D eigenvalue weighted by Crippen LogP contribution is 2.38. The third kappa shape index (κ3) is 6.37. The van der Waals surface area contributed by atoms with E-state index in [1.54, 1.807) is 25.8 Å². The first kappa shape index (κ1) is 28.4. The summed E-state index contributed by atoms with van der Waals surface area (Å²) in [6.07, 6.45) is 2.70. The Morgan fingerprint density at radius 3 is 2.51 bits per heavy atom. The van der Waals surface area contributed by atoms with E-state index < -0.39 is 22.9 Å². The van der Waals surface area contributed by atoms with Crippen molar-refractivity contribution in [1.29, 1.82) is 0 Å². The molecule has 2 aliphatic heterocycles. The van der Waals surface area contributed by atoms with Crippen LogP contribution in [0.5, 0.6) is 0 Å². The van der Waals surface area contributed by atoms with E-state index in [9.17, 15) is 19.5 Å². The average molecular weight is 534 g/mol. The molecule has 1 fully saturated rings. The van der Waals surface area contributed by atoms with Crippen LogP contribution in [0.4, 0.5) is 0 Å². The van der Waals surface area contributed by atoms with Gasteiger partial charge < -0.3 is 21.1 Å². The van der Waals surface area contributed by atoms with Gasteiger partial charge in [0.15, 0.2) is 0 Å². The lowest BCUT2D eigenvalue weighted by Crippen LogP contribution is -2.60. The van der Waals surface area contributed by atoms with E-state index in [0.717, 1.165) is 22.4 Å². The van der Waals surface area contributed by atoms with Gasteiger partial charge in [-0.3, -0.25) is 14.4 Å². The molecule has 1 saturated heterocycles. The second-order valence-corrected chi connectivity index (χ2v) is 11.2. The van der Waals surface area contributed by atoms with E-state index in [1.165, 1.54) is 5.01 Å². The number of aliphatic hydroxyl groups excluding tert-OH is 1. The number of amides is 3. The molecule has 2 atom stereocenters. The smallest absolute Gasteiger partial charge is 0.256 e. The van der Waals surface area contributed by atoms with E-state index in [4.69, 9.17) is 5.73 Å². The highest BCUT2D eigenvalue weighted by atomic mass is 16.3. The summed E-state index contributed by atoms with van der Waals surface area (Å²) in [4.78, 5) is 42.0. The van der Waals surface area contributed by atoms with Gasteiger partial charge in [0.2, 0.25) is 11.8 Å². The molecule has 0 aliphatic carbocycles. The Kier molecular flexibility index (Phi) is 8.51. The van der Waals surface area contributed by atoms with E-state index in [1.807, 2.05) is 54.6 Å². The van der Waals surface area contributed by atoms with Crippen LogP contribution < -0.4 is 11.1 Å². The SMILES string of the molecule is CN1N=C2CCN(C(=O)[C@@H](CCCc3cccc(CO)c3)NC(=O)C(C)(C)N)C[C@@]2(Cc2ccccc2)C1=O. The Hall–Kier alpha value is -3.56. The highest BCUT2D eigenvalue weighted by molar-refractivity contribution is 6.13. The fraction of sp³-hybridized carbons (Fsp3) is 0.467. The van der Waals surface area contributed by atoms with E-state index >= 15 is 0 Å². The van der Waals surface area contributed by atoms with E-state index in [-0.39, 0.29) is 25.0 Å². The van der Waals surface area contributed by atoms with Crippen LogP contribution in [0.1, 0.15) is 49.8 Å². The van der Waals surface area contributed by atoms with E-state index in [2.05, 4.69) is 10.4 Å². The van der Waals surface area contributed by atoms with Crippen LogP contribution in [0.25, 0.3) is 0 Å². The van der Waals surface area contributed by atoms with Crippen molar-refractivity contribution >= 4 is 23.4 Å². The van der Waals surface area contributed by atoms with Gasteiger partial charge in [-0.25, -0.2) is 5.01 Å². The van der Waals surface area contributed by atoms with Crippen molar-refractivity contribution in [2.24, 2.45) is 16.3 Å². The van der Waals surface area contributed by atoms with E-state index in [0.29, 0.717) is 38.6 Å². The fourth-order valence-electron chi connectivity index (χ4n) is 5.43. The summed E-state index contributed by atoms with van der Waals surface area (Å²) in [6, 6.07) is 16.7. The van der Waals surface area contributed by atoms with Crippen LogP contribution in [0.15, 0.2) is 59.7 Å². The topological polar surface area (TPSA) is 128 Å². The predicted molar refractivity (Wildman–Crippen MR) is 149 cm³/mol. The molecule has 4 N–H and O–H groups in total. The molecular formula is C30H39N5O4. The molecule has 0 spiro atoms. The van der Waals surface area contributed by atoms with Gasteiger partial charge in [0, 0.05) is 26.6 Å². The Balaban J connectivity index is 1.54. The molecule has 9 nitrogen and oxygen atoms in total. The molecule has 3 amide bonds. The summed E-state index contributed by atoms with van der Waals surface area (Å²) in [6.45, 7) is 3.81. The molecule has 2 aliphatic rings. The molecule has 2 heterocycles. The number of aryl methyl sites for hydroxylation is 1. The Labute approximate surface area is 230 Å². The second-order valence-electron chi connectivity index (χ2n) is 11.2. The number of hydrogen-bond donors (Lipinski definition) is 3. The highest BCUT2D eigenvalue weighted by Gasteiger charge is 2.53. The number of fused-ring (bicyclic) bond motifs is 1. The molecule has 2 aromatic carbocycles. The lowest BCUT2D eigenvalue weighted by molar-refractivity contribution is -0.142. The van der Waals surface area contributed by atoms with Crippen LogP contribution in [-0.4, -0.2) is 70.2 Å². The second kappa shape index (κ2) is 11.7. The Morgan fingerprint density at radius 1 is 1.13 bits per heavy atom. The number of rotatable bonds is 10. The summed E-state index contributed by atoms with van der Waals surface area (Å²) in [7, 11) is 1.66. The van der Waals surface area contributed by atoms with Crippen LogP contribution in [0, 0.1) is 5.41 Å². The maximum absolute atomic E-state index is 13.9. The molecule has 0 saturated carbocycles. The van der Waals surface area contributed by atoms with Gasteiger partial charge in [0.05, 0.1) is 17.9 Å². The first-order valence-corrected chi connectivity index (χ1v) is 13.5. The van der Waals surface area contributed by atoms with Crippen LogP contribution in [-0.2, 0) is 33.8 Å². The van der Waals surface area contributed by atoms with Gasteiger partial charge in [-0.1, -0.05) is 54.6 Å². The number of aliphatic hydroxyl groups is 1. The monoisotopic (exact) mass is 533 g/mol. The molecule has 2 aromatic rings. The number of benzene rings is 2. The molecular weight excluding hydrogens is 494 g/mol. The Morgan fingerprint density at radius 2 is 1.82 bits per heavy atom. The minimum absolute atomic E-state index is 0.0323. The minimum atomic E-state index is -1.14. The van der Waals surface area contributed by atoms with Crippen LogP contribution in [0.2, 0.25) is 0 Å². The Bertz CT molecular complexity index is 1240. The number of hydrazone groups is 1. The third-order valence-corrected chi connectivity index (χ3v) is 7.59. The number of nitrogens with two attached hydrogens (primary N) is 1. The largest absolute Gasteiger partial charge is 0.392 e. The quantitative estimate of drug-likeness (QED) is 0.430. The van der Waals surface area contributed by atoms with Crippen molar-refractivity contribution in [3.63, 3.8) is 0 Å². The number of piperidine rings is 1. The zero-order chi connectivity index (χ0) is 28.2. The minimum Gasteiger partial charge on any atom is -0.392 e. The molecule has 9 heteroatoms. The average Bonchev–Trinajstić information content (AvgIpc) is 3.16. The van der Waals surface area contributed by atoms with Gasteiger partial charge >= 0.3 is 0 Å². The summed E-state index contributed by atoms with van der Waals surface area (Å²) >= 11 is 0. The molecule has 4 rings (SSSR count). The van der Waals surface area contributed by atoms with Crippen molar-refractivity contribution in [2.45, 2.75) is 64.1 Å². The van der Waals surface area contributed by atoms with Gasteiger partial charge in [0.25, 0.3) is 5.91 Å². The normalized spacial score (nSPS) is 19.9. The number of carbonyl (C=O) groups is 3. The number of nitrogens with zero attached hydrogens (tertiary/aromatic N) is 3. The lowest BCUT2D eigenvalue weighted by Gasteiger charge is -2.41. The molecule has 0 unspecified atom stereocenters.